The molecule has 0 bridgehead atoms. The van der Waals surface area contributed by atoms with Gasteiger partial charge in [-0.2, -0.15) is 0 Å². The van der Waals surface area contributed by atoms with E-state index >= 15 is 0 Å². The molecule has 2 heterocycles. The zero-order valence-electron chi connectivity index (χ0n) is 7.29. The van der Waals surface area contributed by atoms with E-state index in [2.05, 4.69) is 10.3 Å². The topological polar surface area (TPSA) is 29.3 Å². The number of imidazole rings is 1. The van der Waals surface area contributed by atoms with Crippen LogP contribution in [0, 0.1) is 0 Å². The minimum absolute atomic E-state index is 0.734. The molecule has 3 nitrogen and oxygen atoms in total. The molecule has 0 spiro atoms. The third-order valence-electron chi connectivity index (χ3n) is 1.93. The second-order valence-electron chi connectivity index (χ2n) is 2.82. The van der Waals surface area contributed by atoms with Crippen molar-refractivity contribution < 1.29 is 0 Å². The molecular formula is C9H10ClN3. The number of nitrogens with one attached hydrogen (secondary N) is 1. The molecule has 0 saturated heterocycles. The molecular weight excluding hydrogens is 186 g/mol. The first kappa shape index (κ1) is 8.53. The average Bonchev–Trinajstić information content (AvgIpc) is 2.51. The van der Waals surface area contributed by atoms with Gasteiger partial charge in [0.25, 0.3) is 0 Å². The molecule has 13 heavy (non-hydrogen) atoms. The van der Waals surface area contributed by atoms with E-state index in [0.29, 0.717) is 0 Å². The highest BCUT2D eigenvalue weighted by atomic mass is 35.5. The second kappa shape index (κ2) is 3.36. The van der Waals surface area contributed by atoms with Gasteiger partial charge in [-0.05, 0) is 19.2 Å². The van der Waals surface area contributed by atoms with Gasteiger partial charge < -0.3 is 9.72 Å². The summed E-state index contributed by atoms with van der Waals surface area (Å²) in [6, 6.07) is 3.78. The molecule has 0 aromatic carbocycles. The van der Waals surface area contributed by atoms with Crippen molar-refractivity contribution in [3.63, 3.8) is 0 Å². The molecule has 0 saturated carbocycles. The summed E-state index contributed by atoms with van der Waals surface area (Å²) in [5, 5.41) is 3.79. The van der Waals surface area contributed by atoms with Crippen LogP contribution < -0.4 is 5.32 Å². The highest BCUT2D eigenvalue weighted by Gasteiger charge is 2.03. The van der Waals surface area contributed by atoms with E-state index in [0.717, 1.165) is 22.9 Å². The van der Waals surface area contributed by atoms with Crippen LogP contribution in [0.1, 0.15) is 5.82 Å². The van der Waals surface area contributed by atoms with Gasteiger partial charge >= 0.3 is 0 Å². The number of hydrogen-bond acceptors (Lipinski definition) is 2. The van der Waals surface area contributed by atoms with Crippen LogP contribution in [0.4, 0.5) is 0 Å². The Kier molecular flexibility index (Phi) is 2.20. The van der Waals surface area contributed by atoms with Gasteiger partial charge in [0.1, 0.15) is 5.82 Å². The van der Waals surface area contributed by atoms with Crippen molar-refractivity contribution in [3.05, 3.63) is 35.4 Å². The third-order valence-corrected chi connectivity index (χ3v) is 2.25. The van der Waals surface area contributed by atoms with Crippen molar-refractivity contribution in [1.82, 2.24) is 14.7 Å². The minimum atomic E-state index is 0.734. The van der Waals surface area contributed by atoms with Gasteiger partial charge in [0.2, 0.25) is 0 Å². The summed E-state index contributed by atoms with van der Waals surface area (Å²) in [6.45, 7) is 0.745. The molecule has 0 aliphatic heterocycles. The molecule has 1 N–H and O–H groups in total. The maximum Gasteiger partial charge on any atom is 0.127 e. The molecule has 0 aliphatic rings. The number of halogens is 1. The summed E-state index contributed by atoms with van der Waals surface area (Å²) in [5.41, 5.74) is 0.953. The van der Waals surface area contributed by atoms with Crippen molar-refractivity contribution in [2.75, 3.05) is 7.05 Å². The summed E-state index contributed by atoms with van der Waals surface area (Å²) in [5.74, 6) is 0.972. The van der Waals surface area contributed by atoms with E-state index in [4.69, 9.17) is 11.6 Å². The number of aromatic nitrogens is 2. The Morgan fingerprint density at radius 1 is 1.62 bits per heavy atom. The van der Waals surface area contributed by atoms with E-state index < -0.39 is 0 Å². The second-order valence-corrected chi connectivity index (χ2v) is 3.22. The van der Waals surface area contributed by atoms with E-state index in [1.54, 1.807) is 6.20 Å². The fourth-order valence-corrected chi connectivity index (χ4v) is 1.54. The van der Waals surface area contributed by atoms with E-state index in [1.807, 2.05) is 29.8 Å². The van der Waals surface area contributed by atoms with Gasteiger partial charge in [-0.15, -0.1) is 0 Å². The SMILES string of the molecule is CNCc1ncc2c(Cl)cccn12. The van der Waals surface area contributed by atoms with Crippen LogP contribution in [0.25, 0.3) is 5.52 Å². The van der Waals surface area contributed by atoms with Crippen molar-refractivity contribution in [2.24, 2.45) is 0 Å². The summed E-state index contributed by atoms with van der Waals surface area (Å²) < 4.78 is 1.98. The smallest absolute Gasteiger partial charge is 0.127 e. The fourth-order valence-electron chi connectivity index (χ4n) is 1.33. The van der Waals surface area contributed by atoms with Crippen molar-refractivity contribution in [1.29, 1.82) is 0 Å². The van der Waals surface area contributed by atoms with Crippen LogP contribution >= 0.6 is 11.6 Å². The summed E-state index contributed by atoms with van der Waals surface area (Å²) in [6.07, 6.45) is 3.75. The van der Waals surface area contributed by atoms with Gasteiger partial charge in [0.05, 0.1) is 23.3 Å². The average molecular weight is 196 g/mol. The van der Waals surface area contributed by atoms with Gasteiger partial charge in [-0.3, -0.25) is 0 Å². The molecule has 2 aromatic heterocycles. The quantitative estimate of drug-likeness (QED) is 0.791. The van der Waals surface area contributed by atoms with Crippen LogP contribution in [0.15, 0.2) is 24.5 Å². The maximum atomic E-state index is 5.99. The molecule has 2 aromatic rings. The first-order valence-corrected chi connectivity index (χ1v) is 4.46. The Morgan fingerprint density at radius 2 is 2.46 bits per heavy atom. The molecule has 0 aliphatic carbocycles. The van der Waals surface area contributed by atoms with Gasteiger partial charge in [0, 0.05) is 6.20 Å². The van der Waals surface area contributed by atoms with Gasteiger partial charge in [0.15, 0.2) is 0 Å². The molecule has 2 rings (SSSR count). The summed E-state index contributed by atoms with van der Waals surface area (Å²) in [7, 11) is 1.89. The van der Waals surface area contributed by atoms with Crippen molar-refractivity contribution >= 4 is 17.1 Å². The Hall–Kier alpha value is -1.06. The van der Waals surface area contributed by atoms with Crippen LogP contribution in [0.2, 0.25) is 5.02 Å². The predicted octanol–water partition coefficient (Wildman–Crippen LogP) is 1.71. The lowest BCUT2D eigenvalue weighted by Gasteiger charge is -2.00. The van der Waals surface area contributed by atoms with Crippen molar-refractivity contribution in [3.8, 4) is 0 Å². The number of pyridine rings is 1. The zero-order chi connectivity index (χ0) is 9.26. The van der Waals surface area contributed by atoms with E-state index in [9.17, 15) is 0 Å². The monoisotopic (exact) mass is 195 g/mol. The number of rotatable bonds is 2. The molecule has 0 unspecified atom stereocenters. The van der Waals surface area contributed by atoms with E-state index in [1.165, 1.54) is 0 Å². The van der Waals surface area contributed by atoms with Crippen LogP contribution in [-0.4, -0.2) is 16.4 Å². The minimum Gasteiger partial charge on any atom is -0.313 e. The molecule has 0 atom stereocenters. The number of hydrogen-bond donors (Lipinski definition) is 1. The standard InChI is InChI=1S/C9H10ClN3/c1-11-6-9-12-5-8-7(10)3-2-4-13(8)9/h2-5,11H,6H2,1H3. The summed E-state index contributed by atoms with van der Waals surface area (Å²) in [4.78, 5) is 4.26. The van der Waals surface area contributed by atoms with Crippen LogP contribution in [0.3, 0.4) is 0 Å². The maximum absolute atomic E-state index is 5.99. The largest absolute Gasteiger partial charge is 0.313 e. The highest BCUT2D eigenvalue weighted by molar-refractivity contribution is 6.33. The van der Waals surface area contributed by atoms with Gasteiger partial charge in [-0.1, -0.05) is 11.6 Å². The summed E-state index contributed by atoms with van der Waals surface area (Å²) >= 11 is 5.99. The fraction of sp³-hybridized carbons (Fsp3) is 0.222. The number of nitrogens with zero attached hydrogens (tertiary/aromatic N) is 2. The molecule has 0 radical (unpaired) electrons. The lowest BCUT2D eigenvalue weighted by atomic mass is 10.4. The Labute approximate surface area is 81.4 Å². The molecule has 0 fully saturated rings. The lowest BCUT2D eigenvalue weighted by Crippen LogP contribution is -2.08. The van der Waals surface area contributed by atoms with Gasteiger partial charge in [-0.25, -0.2) is 4.98 Å². The molecule has 0 amide bonds. The normalized spacial score (nSPS) is 10.9. The third kappa shape index (κ3) is 1.41. The predicted molar refractivity (Wildman–Crippen MR) is 53.0 cm³/mol. The number of fused-ring (bicyclic) bond motifs is 1. The van der Waals surface area contributed by atoms with Crippen molar-refractivity contribution in [2.45, 2.75) is 6.54 Å². The Bertz CT molecular complexity index is 422. The first-order valence-electron chi connectivity index (χ1n) is 4.08. The van der Waals surface area contributed by atoms with Crippen LogP contribution in [0.5, 0.6) is 0 Å². The lowest BCUT2D eigenvalue weighted by molar-refractivity contribution is 0.755. The molecule has 4 heteroatoms. The first-order chi connectivity index (χ1) is 6.33. The Morgan fingerprint density at radius 3 is 3.23 bits per heavy atom. The zero-order valence-corrected chi connectivity index (χ0v) is 8.04. The van der Waals surface area contributed by atoms with Crippen LogP contribution in [-0.2, 0) is 6.54 Å². The molecule has 68 valence electrons. The highest BCUT2D eigenvalue weighted by Crippen LogP contribution is 2.17. The van der Waals surface area contributed by atoms with E-state index in [-0.39, 0.29) is 0 Å². The Balaban J connectivity index is 2.61.